The predicted molar refractivity (Wildman–Crippen MR) is 50.7 cm³/mol. The summed E-state index contributed by atoms with van der Waals surface area (Å²) in [7, 11) is 0. The summed E-state index contributed by atoms with van der Waals surface area (Å²) in [5.74, 6) is -4.35. The summed E-state index contributed by atoms with van der Waals surface area (Å²) < 4.78 is 10.8. The van der Waals surface area contributed by atoms with Crippen molar-refractivity contribution in [2.45, 2.75) is 25.0 Å². The Hall–Kier alpha value is -1.14. The van der Waals surface area contributed by atoms with E-state index in [2.05, 4.69) is 0 Å². The Labute approximate surface area is 92.2 Å². The number of rotatable bonds is 2. The van der Waals surface area contributed by atoms with Crippen LogP contribution in [0.5, 0.6) is 0 Å². The van der Waals surface area contributed by atoms with Crippen LogP contribution < -0.4 is 0 Å². The first-order chi connectivity index (χ1) is 7.52. The first kappa shape index (κ1) is 11.3. The van der Waals surface area contributed by atoms with Gasteiger partial charge in [0.05, 0.1) is 25.0 Å². The quantitative estimate of drug-likeness (QED) is 0.709. The van der Waals surface area contributed by atoms with Crippen molar-refractivity contribution < 1.29 is 29.3 Å². The third-order valence-electron chi connectivity index (χ3n) is 3.20. The maximum Gasteiger partial charge on any atom is 0.306 e. The SMILES string of the molecule is O=C(O)C1CC(C(=O)O)CC2(C1)OCCO2. The van der Waals surface area contributed by atoms with E-state index in [4.69, 9.17) is 19.7 Å². The molecule has 1 aliphatic heterocycles. The lowest BCUT2D eigenvalue weighted by molar-refractivity contribution is -0.206. The Morgan fingerprint density at radius 1 is 1.00 bits per heavy atom. The van der Waals surface area contributed by atoms with Crippen molar-refractivity contribution in [3.8, 4) is 0 Å². The number of carbonyl (C=O) groups is 2. The van der Waals surface area contributed by atoms with Gasteiger partial charge in [-0.2, -0.15) is 0 Å². The predicted octanol–water partition coefficient (Wildman–Crippen LogP) is 0.315. The Kier molecular flexibility index (Phi) is 2.86. The first-order valence-electron chi connectivity index (χ1n) is 5.26. The van der Waals surface area contributed by atoms with Gasteiger partial charge < -0.3 is 19.7 Å². The molecule has 2 aliphatic rings. The lowest BCUT2D eigenvalue weighted by atomic mass is 9.77. The average Bonchev–Trinajstić information content (AvgIpc) is 2.65. The van der Waals surface area contributed by atoms with E-state index < -0.39 is 29.6 Å². The van der Waals surface area contributed by atoms with Crippen LogP contribution in [0.4, 0.5) is 0 Å². The van der Waals surface area contributed by atoms with Crippen LogP contribution in [0.1, 0.15) is 19.3 Å². The molecule has 0 amide bonds. The number of hydrogen-bond acceptors (Lipinski definition) is 4. The molecule has 6 nitrogen and oxygen atoms in total. The van der Waals surface area contributed by atoms with Gasteiger partial charge in [-0.3, -0.25) is 9.59 Å². The van der Waals surface area contributed by atoms with E-state index in [1.54, 1.807) is 0 Å². The fourth-order valence-corrected chi connectivity index (χ4v) is 2.45. The van der Waals surface area contributed by atoms with E-state index >= 15 is 0 Å². The van der Waals surface area contributed by atoms with Crippen molar-refractivity contribution in [1.29, 1.82) is 0 Å². The fourth-order valence-electron chi connectivity index (χ4n) is 2.45. The van der Waals surface area contributed by atoms with Gasteiger partial charge in [0.25, 0.3) is 0 Å². The maximum absolute atomic E-state index is 11.0. The molecule has 2 fully saturated rings. The average molecular weight is 230 g/mol. The molecule has 1 aliphatic carbocycles. The largest absolute Gasteiger partial charge is 0.481 e. The van der Waals surface area contributed by atoms with Gasteiger partial charge in [-0.1, -0.05) is 0 Å². The molecule has 90 valence electrons. The molecule has 0 aromatic rings. The summed E-state index contributed by atoms with van der Waals surface area (Å²) in [6.45, 7) is 0.803. The van der Waals surface area contributed by atoms with E-state index in [-0.39, 0.29) is 19.3 Å². The Bertz CT molecular complexity index is 282. The molecule has 0 aromatic heterocycles. The van der Waals surface area contributed by atoms with E-state index in [1.807, 2.05) is 0 Å². The lowest BCUT2D eigenvalue weighted by Gasteiger charge is -2.37. The molecule has 16 heavy (non-hydrogen) atoms. The zero-order chi connectivity index (χ0) is 11.8. The van der Waals surface area contributed by atoms with E-state index in [0.717, 1.165) is 0 Å². The highest BCUT2D eigenvalue weighted by Crippen LogP contribution is 2.41. The second kappa shape index (κ2) is 4.03. The summed E-state index contributed by atoms with van der Waals surface area (Å²) in [4.78, 5) is 21.9. The van der Waals surface area contributed by atoms with Gasteiger partial charge in [0.1, 0.15) is 0 Å². The molecule has 1 heterocycles. The summed E-state index contributed by atoms with van der Waals surface area (Å²) in [5.41, 5.74) is 0. The fraction of sp³-hybridized carbons (Fsp3) is 0.800. The Morgan fingerprint density at radius 2 is 1.44 bits per heavy atom. The highest BCUT2D eigenvalue weighted by atomic mass is 16.7. The molecule has 1 spiro atoms. The van der Waals surface area contributed by atoms with Crippen LogP contribution in [0, 0.1) is 11.8 Å². The lowest BCUT2D eigenvalue weighted by Crippen LogP contribution is -2.44. The zero-order valence-electron chi connectivity index (χ0n) is 8.72. The summed E-state index contributed by atoms with van der Waals surface area (Å²) >= 11 is 0. The molecule has 0 bridgehead atoms. The van der Waals surface area contributed by atoms with Gasteiger partial charge in [0.2, 0.25) is 0 Å². The second-order valence-electron chi connectivity index (χ2n) is 4.32. The number of carboxylic acids is 2. The summed E-state index contributed by atoms with van der Waals surface area (Å²) in [6, 6.07) is 0. The Balaban J connectivity index is 2.16. The smallest absolute Gasteiger partial charge is 0.306 e. The van der Waals surface area contributed by atoms with E-state index in [1.165, 1.54) is 0 Å². The van der Waals surface area contributed by atoms with E-state index in [0.29, 0.717) is 13.2 Å². The van der Waals surface area contributed by atoms with E-state index in [9.17, 15) is 9.59 Å². The minimum atomic E-state index is -0.982. The molecule has 2 N–H and O–H groups in total. The van der Waals surface area contributed by atoms with Crippen molar-refractivity contribution in [2.75, 3.05) is 13.2 Å². The number of carboxylic acid groups (broad SMARTS) is 2. The van der Waals surface area contributed by atoms with Gasteiger partial charge in [-0.15, -0.1) is 0 Å². The minimum Gasteiger partial charge on any atom is -0.481 e. The van der Waals surface area contributed by atoms with Gasteiger partial charge in [0.15, 0.2) is 5.79 Å². The molecule has 2 unspecified atom stereocenters. The maximum atomic E-state index is 11.0. The van der Waals surface area contributed by atoms with Gasteiger partial charge in [-0.25, -0.2) is 0 Å². The van der Waals surface area contributed by atoms with Crippen LogP contribution in [-0.4, -0.2) is 41.2 Å². The molecule has 1 saturated carbocycles. The number of hydrogen-bond donors (Lipinski definition) is 2. The van der Waals surface area contributed by atoms with Crippen LogP contribution in [0.2, 0.25) is 0 Å². The third-order valence-corrected chi connectivity index (χ3v) is 3.20. The highest BCUT2D eigenvalue weighted by Gasteiger charge is 2.49. The monoisotopic (exact) mass is 230 g/mol. The van der Waals surface area contributed by atoms with Crippen molar-refractivity contribution >= 4 is 11.9 Å². The molecule has 1 saturated heterocycles. The molecule has 0 radical (unpaired) electrons. The van der Waals surface area contributed by atoms with Crippen molar-refractivity contribution in [2.24, 2.45) is 11.8 Å². The van der Waals surface area contributed by atoms with Crippen LogP contribution in [0.3, 0.4) is 0 Å². The molecule has 2 atom stereocenters. The van der Waals surface area contributed by atoms with Gasteiger partial charge >= 0.3 is 11.9 Å². The molecule has 6 heteroatoms. The zero-order valence-corrected chi connectivity index (χ0v) is 8.72. The number of ether oxygens (including phenoxy) is 2. The first-order valence-corrected chi connectivity index (χ1v) is 5.26. The number of aliphatic carboxylic acids is 2. The highest BCUT2D eigenvalue weighted by molar-refractivity contribution is 5.74. The van der Waals surface area contributed by atoms with Crippen LogP contribution in [0.25, 0.3) is 0 Å². The molecular formula is C10H14O6. The summed E-state index contributed by atoms with van der Waals surface area (Å²) in [6.07, 6.45) is 0.636. The molecule has 2 rings (SSSR count). The van der Waals surface area contributed by atoms with Crippen LogP contribution in [0.15, 0.2) is 0 Å². The normalized spacial score (nSPS) is 32.8. The Morgan fingerprint density at radius 3 is 1.81 bits per heavy atom. The van der Waals surface area contributed by atoms with Gasteiger partial charge in [0, 0.05) is 12.8 Å². The van der Waals surface area contributed by atoms with Crippen LogP contribution >= 0.6 is 0 Å². The van der Waals surface area contributed by atoms with Gasteiger partial charge in [-0.05, 0) is 6.42 Å². The standard InChI is InChI=1S/C10H14O6/c11-8(12)6-3-7(9(13)14)5-10(4-6)15-1-2-16-10/h6-7H,1-5H2,(H,11,12)(H,13,14). The molecule has 0 aromatic carbocycles. The van der Waals surface area contributed by atoms with Crippen molar-refractivity contribution in [3.05, 3.63) is 0 Å². The topological polar surface area (TPSA) is 93.1 Å². The van der Waals surface area contributed by atoms with Crippen LogP contribution in [-0.2, 0) is 19.1 Å². The van der Waals surface area contributed by atoms with Crippen molar-refractivity contribution in [1.82, 2.24) is 0 Å². The minimum absolute atomic E-state index is 0.152. The van der Waals surface area contributed by atoms with Crippen molar-refractivity contribution in [3.63, 3.8) is 0 Å². The third kappa shape index (κ3) is 2.03. The summed E-state index contributed by atoms with van der Waals surface area (Å²) in [5, 5.41) is 18.0. The molecular weight excluding hydrogens is 216 g/mol. The second-order valence-corrected chi connectivity index (χ2v) is 4.32.